The quantitative estimate of drug-likeness (QED) is 0.762. The van der Waals surface area contributed by atoms with Crippen molar-refractivity contribution >= 4 is 16.9 Å². The summed E-state index contributed by atoms with van der Waals surface area (Å²) in [7, 11) is 0. The van der Waals surface area contributed by atoms with Crippen molar-refractivity contribution in [3.8, 4) is 0 Å². The Morgan fingerprint density at radius 2 is 1.85 bits per heavy atom. The van der Waals surface area contributed by atoms with Crippen molar-refractivity contribution in [2.24, 2.45) is 0 Å². The molecule has 2 heterocycles. The van der Waals surface area contributed by atoms with Crippen LogP contribution in [-0.2, 0) is 0 Å². The summed E-state index contributed by atoms with van der Waals surface area (Å²) in [6.07, 6.45) is -1.93. The van der Waals surface area contributed by atoms with Gasteiger partial charge in [-0.1, -0.05) is 12.1 Å². The van der Waals surface area contributed by atoms with Gasteiger partial charge in [0.05, 0.1) is 17.6 Å². The highest BCUT2D eigenvalue weighted by Crippen LogP contribution is 2.16. The number of fused-ring (bicyclic) bond motifs is 1. The fourth-order valence-electron chi connectivity index (χ4n) is 2.30. The molecular formula is C14H13NO5. The molecule has 0 spiro atoms. The van der Waals surface area contributed by atoms with Gasteiger partial charge in [-0.15, -0.1) is 0 Å². The molecule has 2 N–H and O–H groups in total. The van der Waals surface area contributed by atoms with Crippen molar-refractivity contribution < 1.29 is 19.4 Å². The molecule has 20 heavy (non-hydrogen) atoms. The molecule has 1 saturated heterocycles. The molecule has 1 aromatic carbocycles. The van der Waals surface area contributed by atoms with E-state index in [1.807, 2.05) is 0 Å². The van der Waals surface area contributed by atoms with E-state index < -0.39 is 18.1 Å². The number of rotatable bonds is 1. The van der Waals surface area contributed by atoms with E-state index in [0.29, 0.717) is 11.0 Å². The first-order chi connectivity index (χ1) is 9.56. The standard InChI is InChI=1S/C14H13NO5/c16-9-5-13(20-12-4-2-1-3-8(9)12)14(19)15-6-10(17)11(18)7-15/h1-5,10-11,17-18H,6-7H2. The predicted octanol–water partition coefficient (Wildman–Crippen LogP) is -0.0294. The molecule has 0 radical (unpaired) electrons. The maximum atomic E-state index is 12.2. The van der Waals surface area contributed by atoms with Gasteiger partial charge in [-0.25, -0.2) is 0 Å². The maximum Gasteiger partial charge on any atom is 0.289 e. The van der Waals surface area contributed by atoms with Gasteiger partial charge in [0.1, 0.15) is 5.58 Å². The van der Waals surface area contributed by atoms with Gasteiger partial charge in [0, 0.05) is 19.2 Å². The monoisotopic (exact) mass is 275 g/mol. The molecule has 0 saturated carbocycles. The molecule has 1 aliphatic rings. The topological polar surface area (TPSA) is 91.0 Å². The zero-order valence-corrected chi connectivity index (χ0v) is 10.5. The first kappa shape index (κ1) is 12.8. The highest BCUT2D eigenvalue weighted by molar-refractivity contribution is 5.93. The molecule has 3 rings (SSSR count). The van der Waals surface area contributed by atoms with Gasteiger partial charge in [0.15, 0.2) is 11.2 Å². The molecule has 1 aliphatic heterocycles. The first-order valence-electron chi connectivity index (χ1n) is 6.24. The minimum atomic E-state index is -0.967. The van der Waals surface area contributed by atoms with Gasteiger partial charge in [-0.2, -0.15) is 0 Å². The fourth-order valence-corrected chi connectivity index (χ4v) is 2.30. The maximum absolute atomic E-state index is 12.2. The lowest BCUT2D eigenvalue weighted by atomic mass is 10.2. The Bertz CT molecular complexity index is 713. The third-order valence-electron chi connectivity index (χ3n) is 3.39. The van der Waals surface area contributed by atoms with Crippen LogP contribution in [0.4, 0.5) is 0 Å². The highest BCUT2D eigenvalue weighted by atomic mass is 16.4. The van der Waals surface area contributed by atoms with Gasteiger partial charge in [-0.3, -0.25) is 9.59 Å². The highest BCUT2D eigenvalue weighted by Gasteiger charge is 2.34. The second-order valence-electron chi connectivity index (χ2n) is 4.82. The van der Waals surface area contributed by atoms with Crippen LogP contribution in [0.5, 0.6) is 0 Å². The molecule has 2 atom stereocenters. The van der Waals surface area contributed by atoms with E-state index in [0.717, 1.165) is 6.07 Å². The van der Waals surface area contributed by atoms with Crippen LogP contribution in [-0.4, -0.2) is 46.3 Å². The Kier molecular flexibility index (Phi) is 3.04. The van der Waals surface area contributed by atoms with Crippen molar-refractivity contribution in [3.05, 3.63) is 46.3 Å². The SMILES string of the molecule is O=C(c1cc(=O)c2ccccc2o1)N1CC(O)C(O)C1. The van der Waals surface area contributed by atoms with E-state index in [9.17, 15) is 19.8 Å². The van der Waals surface area contributed by atoms with Crippen LogP contribution >= 0.6 is 0 Å². The van der Waals surface area contributed by atoms with Crippen molar-refractivity contribution in [1.29, 1.82) is 0 Å². The first-order valence-corrected chi connectivity index (χ1v) is 6.24. The van der Waals surface area contributed by atoms with E-state index in [2.05, 4.69) is 0 Å². The Hall–Kier alpha value is -2.18. The summed E-state index contributed by atoms with van der Waals surface area (Å²) in [6.45, 7) is 0.0487. The van der Waals surface area contributed by atoms with Crippen molar-refractivity contribution in [2.45, 2.75) is 12.2 Å². The number of para-hydroxylation sites is 1. The van der Waals surface area contributed by atoms with Crippen LogP contribution in [0.25, 0.3) is 11.0 Å². The van der Waals surface area contributed by atoms with E-state index in [4.69, 9.17) is 4.42 Å². The minimum absolute atomic E-state index is 0.0243. The Balaban J connectivity index is 1.98. The third kappa shape index (κ3) is 2.09. The van der Waals surface area contributed by atoms with Gasteiger partial charge in [0.25, 0.3) is 5.91 Å². The average Bonchev–Trinajstić information content (AvgIpc) is 2.78. The molecule has 2 unspecified atom stereocenters. The average molecular weight is 275 g/mol. The van der Waals surface area contributed by atoms with Gasteiger partial charge in [0.2, 0.25) is 0 Å². The number of amides is 1. The third-order valence-corrected chi connectivity index (χ3v) is 3.39. The number of carbonyl (C=O) groups is 1. The minimum Gasteiger partial charge on any atom is -0.451 e. The number of aliphatic hydroxyl groups is 2. The van der Waals surface area contributed by atoms with Crippen molar-refractivity contribution in [1.82, 2.24) is 4.90 Å². The molecule has 2 aromatic rings. The summed E-state index contributed by atoms with van der Waals surface area (Å²) in [5, 5.41) is 19.3. The van der Waals surface area contributed by atoms with Crippen molar-refractivity contribution in [2.75, 3.05) is 13.1 Å². The molecule has 1 aromatic heterocycles. The Morgan fingerprint density at radius 1 is 1.20 bits per heavy atom. The predicted molar refractivity (Wildman–Crippen MR) is 70.4 cm³/mol. The van der Waals surface area contributed by atoms with Crippen molar-refractivity contribution in [3.63, 3.8) is 0 Å². The summed E-state index contributed by atoms with van der Waals surface area (Å²) in [4.78, 5) is 25.4. The Labute approximate surface area is 113 Å². The van der Waals surface area contributed by atoms with Crippen LogP contribution < -0.4 is 5.43 Å². The number of nitrogens with zero attached hydrogens (tertiary/aromatic N) is 1. The fraction of sp³-hybridized carbons (Fsp3) is 0.286. The lowest BCUT2D eigenvalue weighted by Gasteiger charge is -2.14. The molecule has 0 aliphatic carbocycles. The van der Waals surface area contributed by atoms with Gasteiger partial charge >= 0.3 is 0 Å². The number of aliphatic hydroxyl groups excluding tert-OH is 2. The summed E-state index contributed by atoms with van der Waals surface area (Å²) in [5.41, 5.74) is 0.0409. The molecule has 104 valence electrons. The number of β-amino-alcohol motifs (C(OH)–C–C–N with tert-alkyl or cyclic N) is 2. The van der Waals surface area contributed by atoms with Crippen LogP contribution in [0.3, 0.4) is 0 Å². The molecular weight excluding hydrogens is 262 g/mol. The summed E-state index contributed by atoms with van der Waals surface area (Å²) >= 11 is 0. The number of benzene rings is 1. The number of hydrogen-bond acceptors (Lipinski definition) is 5. The van der Waals surface area contributed by atoms with Gasteiger partial charge in [-0.05, 0) is 12.1 Å². The Morgan fingerprint density at radius 3 is 2.55 bits per heavy atom. The molecule has 1 fully saturated rings. The van der Waals surface area contributed by atoms with Crippen LogP contribution in [0.2, 0.25) is 0 Å². The largest absolute Gasteiger partial charge is 0.451 e. The molecule has 6 heteroatoms. The van der Waals surface area contributed by atoms with E-state index in [1.54, 1.807) is 24.3 Å². The zero-order chi connectivity index (χ0) is 14.3. The van der Waals surface area contributed by atoms with Crippen LogP contribution in [0.15, 0.2) is 39.5 Å². The van der Waals surface area contributed by atoms with Crippen LogP contribution in [0.1, 0.15) is 10.6 Å². The summed E-state index contributed by atoms with van der Waals surface area (Å²) in [6, 6.07) is 7.80. The summed E-state index contributed by atoms with van der Waals surface area (Å²) < 4.78 is 5.43. The van der Waals surface area contributed by atoms with Crippen LogP contribution in [0, 0.1) is 0 Å². The lowest BCUT2D eigenvalue weighted by Crippen LogP contribution is -2.30. The molecule has 0 bridgehead atoms. The van der Waals surface area contributed by atoms with E-state index in [1.165, 1.54) is 4.90 Å². The number of likely N-dealkylation sites (tertiary alicyclic amines) is 1. The second kappa shape index (κ2) is 4.73. The second-order valence-corrected chi connectivity index (χ2v) is 4.82. The van der Waals surface area contributed by atoms with E-state index in [-0.39, 0.29) is 24.3 Å². The molecule has 6 nitrogen and oxygen atoms in total. The normalized spacial score (nSPS) is 22.4. The zero-order valence-electron chi connectivity index (χ0n) is 10.5. The number of carbonyl (C=O) groups excluding carboxylic acids is 1. The smallest absolute Gasteiger partial charge is 0.289 e. The summed E-state index contributed by atoms with van der Waals surface area (Å²) in [5.74, 6) is -0.599. The number of hydrogen-bond donors (Lipinski definition) is 2. The van der Waals surface area contributed by atoms with E-state index >= 15 is 0 Å². The molecule has 1 amide bonds. The van der Waals surface area contributed by atoms with Gasteiger partial charge < -0.3 is 19.5 Å². The lowest BCUT2D eigenvalue weighted by molar-refractivity contribution is 0.0572.